The molecule has 3 aromatic heterocycles. The van der Waals surface area contributed by atoms with E-state index >= 15 is 0 Å². The van der Waals surface area contributed by atoms with Crippen molar-refractivity contribution in [3.05, 3.63) is 48.5 Å². The molecule has 0 aliphatic carbocycles. The highest BCUT2D eigenvalue weighted by atomic mass is 32.1. The molecule has 1 amide bonds. The molecule has 25 heavy (non-hydrogen) atoms. The Morgan fingerprint density at radius 1 is 1.36 bits per heavy atom. The third kappa shape index (κ3) is 4.04. The molecule has 0 aliphatic rings. The van der Waals surface area contributed by atoms with Crippen molar-refractivity contribution in [1.29, 1.82) is 0 Å². The van der Waals surface area contributed by atoms with E-state index in [-0.39, 0.29) is 5.91 Å². The first-order chi connectivity index (χ1) is 12.2. The van der Waals surface area contributed by atoms with Crippen LogP contribution in [-0.2, 0) is 4.74 Å². The number of anilines is 2. The number of methoxy groups -OCH3 is 1. The van der Waals surface area contributed by atoms with Crippen molar-refractivity contribution < 1.29 is 13.9 Å². The van der Waals surface area contributed by atoms with Gasteiger partial charge >= 0.3 is 0 Å². The van der Waals surface area contributed by atoms with Crippen LogP contribution in [0.5, 0.6) is 0 Å². The Labute approximate surface area is 149 Å². The minimum absolute atomic E-state index is 0.228. The number of likely N-dealkylation sites (N-methyl/N-ethyl adjacent to an activating group) is 1. The minimum atomic E-state index is -0.228. The van der Waals surface area contributed by atoms with E-state index in [1.54, 1.807) is 37.9 Å². The van der Waals surface area contributed by atoms with Crippen LogP contribution in [0, 0.1) is 0 Å². The highest BCUT2D eigenvalue weighted by Crippen LogP contribution is 2.38. The standard InChI is InChI=1S/C17H18N4O3S/c1-21(9-11-23-2)16-14(13-4-3-10-24-13)19-17(25-16)20-15(22)12-5-7-18-8-6-12/h3-8,10H,9,11H2,1-2H3,(H,19,20,22). The van der Waals surface area contributed by atoms with E-state index in [1.807, 2.05) is 24.1 Å². The second-order valence-corrected chi connectivity index (χ2v) is 6.23. The molecule has 0 aliphatic heterocycles. The monoisotopic (exact) mass is 358 g/mol. The van der Waals surface area contributed by atoms with Gasteiger partial charge in [0.1, 0.15) is 10.7 Å². The molecule has 0 fully saturated rings. The van der Waals surface area contributed by atoms with Crippen molar-refractivity contribution >= 4 is 27.4 Å². The van der Waals surface area contributed by atoms with Gasteiger partial charge in [-0.25, -0.2) is 4.98 Å². The molecular formula is C17H18N4O3S. The van der Waals surface area contributed by atoms with Gasteiger partial charge in [0.2, 0.25) is 0 Å². The van der Waals surface area contributed by atoms with Crippen LogP contribution in [0.4, 0.5) is 10.1 Å². The van der Waals surface area contributed by atoms with Crippen molar-refractivity contribution in [2.75, 3.05) is 37.5 Å². The fourth-order valence-corrected chi connectivity index (χ4v) is 3.15. The van der Waals surface area contributed by atoms with E-state index in [4.69, 9.17) is 9.15 Å². The van der Waals surface area contributed by atoms with Gasteiger partial charge in [0.15, 0.2) is 10.9 Å². The zero-order valence-corrected chi connectivity index (χ0v) is 14.7. The van der Waals surface area contributed by atoms with Crippen LogP contribution in [0.2, 0.25) is 0 Å². The lowest BCUT2D eigenvalue weighted by Gasteiger charge is -2.16. The van der Waals surface area contributed by atoms with Crippen LogP contribution >= 0.6 is 11.3 Å². The van der Waals surface area contributed by atoms with Gasteiger partial charge in [-0.05, 0) is 24.3 Å². The van der Waals surface area contributed by atoms with E-state index < -0.39 is 0 Å². The fraction of sp³-hybridized carbons (Fsp3) is 0.235. The van der Waals surface area contributed by atoms with Crippen molar-refractivity contribution in [2.24, 2.45) is 0 Å². The summed E-state index contributed by atoms with van der Waals surface area (Å²) >= 11 is 1.39. The molecule has 3 rings (SSSR count). The number of nitrogens with zero attached hydrogens (tertiary/aromatic N) is 3. The van der Waals surface area contributed by atoms with E-state index in [2.05, 4.69) is 15.3 Å². The molecule has 0 atom stereocenters. The highest BCUT2D eigenvalue weighted by molar-refractivity contribution is 7.20. The average Bonchev–Trinajstić information content (AvgIpc) is 3.30. The lowest BCUT2D eigenvalue weighted by atomic mass is 10.2. The van der Waals surface area contributed by atoms with Gasteiger partial charge in [0, 0.05) is 38.7 Å². The number of rotatable bonds is 7. The average molecular weight is 358 g/mol. The number of aromatic nitrogens is 2. The zero-order valence-electron chi connectivity index (χ0n) is 13.9. The summed E-state index contributed by atoms with van der Waals surface area (Å²) in [7, 11) is 3.61. The summed E-state index contributed by atoms with van der Waals surface area (Å²) in [6.45, 7) is 1.29. The summed E-state index contributed by atoms with van der Waals surface area (Å²) in [6.07, 6.45) is 4.76. The van der Waals surface area contributed by atoms with Crippen molar-refractivity contribution in [3.63, 3.8) is 0 Å². The number of carbonyl (C=O) groups excluding carboxylic acids is 1. The molecule has 0 saturated carbocycles. The predicted octanol–water partition coefficient (Wildman–Crippen LogP) is 3.13. The maximum absolute atomic E-state index is 12.3. The molecule has 0 radical (unpaired) electrons. The predicted molar refractivity (Wildman–Crippen MR) is 97.2 cm³/mol. The Kier molecular flexibility index (Phi) is 5.42. The quantitative estimate of drug-likeness (QED) is 0.699. The van der Waals surface area contributed by atoms with Crippen LogP contribution in [0.3, 0.4) is 0 Å². The topological polar surface area (TPSA) is 80.5 Å². The molecule has 0 unspecified atom stereocenters. The van der Waals surface area contributed by atoms with Gasteiger partial charge in [-0.3, -0.25) is 15.1 Å². The fourth-order valence-electron chi connectivity index (χ4n) is 2.20. The van der Waals surface area contributed by atoms with Crippen LogP contribution in [-0.4, -0.2) is 43.2 Å². The van der Waals surface area contributed by atoms with E-state index in [1.165, 1.54) is 11.3 Å². The molecule has 130 valence electrons. The van der Waals surface area contributed by atoms with E-state index in [0.29, 0.717) is 35.3 Å². The number of furan rings is 1. The lowest BCUT2D eigenvalue weighted by Crippen LogP contribution is -2.21. The minimum Gasteiger partial charge on any atom is -0.463 e. The first kappa shape index (κ1) is 17.1. The molecule has 0 spiro atoms. The number of amides is 1. The lowest BCUT2D eigenvalue weighted by molar-refractivity contribution is 0.102. The van der Waals surface area contributed by atoms with Gasteiger partial charge in [-0.1, -0.05) is 11.3 Å². The first-order valence-electron chi connectivity index (χ1n) is 7.65. The van der Waals surface area contributed by atoms with E-state index in [9.17, 15) is 4.79 Å². The van der Waals surface area contributed by atoms with Gasteiger partial charge in [0.05, 0.1) is 12.9 Å². The molecule has 3 aromatic rings. The number of thiazole rings is 1. The Hall–Kier alpha value is -2.71. The Morgan fingerprint density at radius 3 is 2.84 bits per heavy atom. The van der Waals surface area contributed by atoms with Gasteiger partial charge in [0.25, 0.3) is 5.91 Å². The second-order valence-electron chi connectivity index (χ2n) is 5.25. The maximum Gasteiger partial charge on any atom is 0.257 e. The Morgan fingerprint density at radius 2 is 2.16 bits per heavy atom. The van der Waals surface area contributed by atoms with Crippen molar-refractivity contribution in [2.45, 2.75) is 0 Å². The summed E-state index contributed by atoms with van der Waals surface area (Å²) in [4.78, 5) is 22.8. The third-order valence-corrected chi connectivity index (χ3v) is 4.59. The number of carbonyl (C=O) groups is 1. The van der Waals surface area contributed by atoms with Crippen LogP contribution in [0.15, 0.2) is 47.3 Å². The summed E-state index contributed by atoms with van der Waals surface area (Å²) in [6, 6.07) is 6.96. The number of nitrogens with one attached hydrogen (secondary N) is 1. The number of pyridine rings is 1. The maximum atomic E-state index is 12.3. The smallest absolute Gasteiger partial charge is 0.257 e. The number of hydrogen-bond acceptors (Lipinski definition) is 7. The molecule has 3 heterocycles. The van der Waals surface area contributed by atoms with Gasteiger partial charge in [-0.2, -0.15) is 0 Å². The SMILES string of the molecule is COCCN(C)c1sc(NC(=O)c2ccncc2)nc1-c1ccco1. The number of hydrogen-bond donors (Lipinski definition) is 1. The summed E-state index contributed by atoms with van der Waals surface area (Å²) in [5, 5.41) is 4.24. The van der Waals surface area contributed by atoms with Gasteiger partial charge < -0.3 is 14.1 Å². The molecule has 0 aromatic carbocycles. The molecule has 1 N–H and O–H groups in total. The van der Waals surface area contributed by atoms with Crippen molar-refractivity contribution in [1.82, 2.24) is 9.97 Å². The number of ether oxygens (including phenoxy) is 1. The highest BCUT2D eigenvalue weighted by Gasteiger charge is 2.20. The molecule has 0 bridgehead atoms. The largest absolute Gasteiger partial charge is 0.463 e. The summed E-state index contributed by atoms with van der Waals surface area (Å²) in [5.74, 6) is 0.424. The molecular weight excluding hydrogens is 340 g/mol. The normalized spacial score (nSPS) is 10.6. The Bertz CT molecular complexity index is 818. The molecule has 0 saturated heterocycles. The van der Waals surface area contributed by atoms with Crippen molar-refractivity contribution in [3.8, 4) is 11.5 Å². The first-order valence-corrected chi connectivity index (χ1v) is 8.47. The second kappa shape index (κ2) is 7.91. The van der Waals surface area contributed by atoms with Gasteiger partial charge in [-0.15, -0.1) is 0 Å². The Balaban J connectivity index is 1.86. The van der Waals surface area contributed by atoms with Crippen LogP contribution in [0.1, 0.15) is 10.4 Å². The van der Waals surface area contributed by atoms with E-state index in [0.717, 1.165) is 5.00 Å². The van der Waals surface area contributed by atoms with Crippen LogP contribution < -0.4 is 10.2 Å². The summed E-state index contributed by atoms with van der Waals surface area (Å²) < 4.78 is 10.6. The third-order valence-electron chi connectivity index (χ3n) is 3.50. The summed E-state index contributed by atoms with van der Waals surface area (Å²) in [5.41, 5.74) is 1.22. The molecule has 7 nitrogen and oxygen atoms in total. The molecule has 8 heteroatoms. The van der Waals surface area contributed by atoms with Crippen LogP contribution in [0.25, 0.3) is 11.5 Å². The zero-order chi connectivity index (χ0) is 17.6.